The van der Waals surface area contributed by atoms with E-state index < -0.39 is 16.6 Å². The third-order valence-electron chi connectivity index (χ3n) is 3.07. The maximum absolute atomic E-state index is 11.9. The molecule has 9 heteroatoms. The van der Waals surface area contributed by atoms with Gasteiger partial charge in [0.05, 0.1) is 4.92 Å². The minimum atomic E-state index is -0.595. The minimum absolute atomic E-state index is 0.0724. The van der Waals surface area contributed by atoms with E-state index >= 15 is 0 Å². The first-order valence-corrected chi connectivity index (χ1v) is 6.74. The highest BCUT2D eigenvalue weighted by Gasteiger charge is 2.20. The van der Waals surface area contributed by atoms with Crippen LogP contribution < -0.4 is 15.7 Å². The molecule has 2 aromatic rings. The molecule has 1 aromatic heterocycles. The van der Waals surface area contributed by atoms with Crippen LogP contribution in [0.3, 0.4) is 0 Å². The Morgan fingerprint density at radius 1 is 1.22 bits per heavy atom. The zero-order valence-corrected chi connectivity index (χ0v) is 12.2. The van der Waals surface area contributed by atoms with Crippen molar-refractivity contribution in [3.8, 4) is 17.1 Å². The first kappa shape index (κ1) is 14.7. The van der Waals surface area contributed by atoms with Gasteiger partial charge < -0.3 is 14.8 Å². The lowest BCUT2D eigenvalue weighted by molar-refractivity contribution is -0.385. The maximum Gasteiger partial charge on any atom is 0.274 e. The van der Waals surface area contributed by atoms with Crippen molar-refractivity contribution >= 4 is 35.0 Å². The summed E-state index contributed by atoms with van der Waals surface area (Å²) in [6, 6.07) is 6.42. The molecule has 1 saturated heterocycles. The van der Waals surface area contributed by atoms with Crippen LogP contribution in [0, 0.1) is 10.1 Å². The first-order chi connectivity index (χ1) is 10.9. The summed E-state index contributed by atoms with van der Waals surface area (Å²) in [4.78, 5) is 21.7. The number of non-ortho nitro benzene ring substituents is 1. The maximum atomic E-state index is 11.9. The highest BCUT2D eigenvalue weighted by Crippen LogP contribution is 2.32. The molecule has 1 aliphatic rings. The molecule has 0 bridgehead atoms. The molecule has 0 unspecified atom stereocenters. The highest BCUT2D eigenvalue weighted by molar-refractivity contribution is 7.80. The molecule has 0 spiro atoms. The van der Waals surface area contributed by atoms with Crippen molar-refractivity contribution in [2.24, 2.45) is 0 Å². The average molecular weight is 330 g/mol. The van der Waals surface area contributed by atoms with E-state index in [-0.39, 0.29) is 27.8 Å². The van der Waals surface area contributed by atoms with E-state index in [9.17, 15) is 20.0 Å². The van der Waals surface area contributed by atoms with Crippen molar-refractivity contribution in [1.29, 1.82) is 0 Å². The number of carbonyl (C=O) groups excluding carboxylic acids is 1. The summed E-state index contributed by atoms with van der Waals surface area (Å²) in [5.74, 6) is -0.324. The fourth-order valence-electron chi connectivity index (χ4n) is 2.02. The van der Waals surface area contributed by atoms with Gasteiger partial charge in [-0.1, -0.05) is 11.8 Å². The number of hydrogen-bond acceptors (Lipinski definition) is 6. The molecule has 0 saturated carbocycles. The molecule has 116 valence electrons. The van der Waals surface area contributed by atoms with Gasteiger partial charge in [0.1, 0.15) is 17.2 Å². The number of nitro benzene ring substituents is 1. The van der Waals surface area contributed by atoms with Crippen LogP contribution in [0.25, 0.3) is 17.4 Å². The molecule has 1 amide bonds. The van der Waals surface area contributed by atoms with Crippen molar-refractivity contribution in [3.05, 3.63) is 51.9 Å². The van der Waals surface area contributed by atoms with E-state index in [4.69, 9.17) is 16.6 Å². The highest BCUT2D eigenvalue weighted by atomic mass is 32.1. The molecule has 23 heavy (non-hydrogen) atoms. The minimum Gasteiger partial charge on any atom is -0.872 e. The van der Waals surface area contributed by atoms with Crippen molar-refractivity contribution < 1.29 is 19.2 Å². The summed E-state index contributed by atoms with van der Waals surface area (Å²) in [6.07, 6.45) is 1.42. The fraction of sp³-hybridized carbons (Fsp3) is 0. The van der Waals surface area contributed by atoms with Crippen molar-refractivity contribution in [2.45, 2.75) is 0 Å². The van der Waals surface area contributed by atoms with E-state index in [1.807, 2.05) is 0 Å². The quantitative estimate of drug-likeness (QED) is 0.376. The predicted molar refractivity (Wildman–Crippen MR) is 82.1 cm³/mol. The first-order valence-electron chi connectivity index (χ1n) is 6.34. The van der Waals surface area contributed by atoms with Gasteiger partial charge in [-0.15, -0.1) is 0 Å². The van der Waals surface area contributed by atoms with Crippen LogP contribution in [-0.4, -0.2) is 15.9 Å². The van der Waals surface area contributed by atoms with Gasteiger partial charge in [-0.05, 0) is 24.4 Å². The van der Waals surface area contributed by atoms with Gasteiger partial charge in [0.15, 0.2) is 5.11 Å². The second-order valence-electron chi connectivity index (χ2n) is 4.61. The lowest BCUT2D eigenvalue weighted by Gasteiger charge is -2.10. The number of furan rings is 1. The second kappa shape index (κ2) is 5.54. The van der Waals surface area contributed by atoms with E-state index in [0.29, 0.717) is 5.76 Å². The second-order valence-corrected chi connectivity index (χ2v) is 5.01. The average Bonchev–Trinajstić information content (AvgIpc) is 3.06. The number of amides is 1. The van der Waals surface area contributed by atoms with Gasteiger partial charge in [0.25, 0.3) is 11.6 Å². The predicted octanol–water partition coefficient (Wildman–Crippen LogP) is 1.27. The van der Waals surface area contributed by atoms with Crippen LogP contribution in [0.5, 0.6) is 5.75 Å². The molecule has 1 fully saturated rings. The molecular formula is C14H8N3O5S-. The summed E-state index contributed by atoms with van der Waals surface area (Å²) in [6.45, 7) is 0. The lowest BCUT2D eigenvalue weighted by atomic mass is 10.1. The Bertz CT molecular complexity index is 871. The summed E-state index contributed by atoms with van der Waals surface area (Å²) in [5.41, 5.74) is 0.0681. The lowest BCUT2D eigenvalue weighted by Crippen LogP contribution is -2.21. The molecule has 8 nitrogen and oxygen atoms in total. The van der Waals surface area contributed by atoms with Crippen LogP contribution >= 0.6 is 12.2 Å². The summed E-state index contributed by atoms with van der Waals surface area (Å²) >= 11 is 4.81. The third-order valence-corrected chi connectivity index (χ3v) is 3.28. The fourth-order valence-corrected chi connectivity index (χ4v) is 2.23. The number of benzene rings is 1. The van der Waals surface area contributed by atoms with Crippen LogP contribution in [0.1, 0.15) is 5.76 Å². The molecule has 0 radical (unpaired) electrons. The van der Waals surface area contributed by atoms with E-state index in [2.05, 4.69) is 10.6 Å². The summed E-state index contributed by atoms with van der Waals surface area (Å²) < 4.78 is 5.47. The molecule has 1 aliphatic heterocycles. The van der Waals surface area contributed by atoms with Crippen LogP contribution in [0.15, 0.2) is 40.4 Å². The molecule has 0 atom stereocenters. The van der Waals surface area contributed by atoms with Crippen molar-refractivity contribution in [3.63, 3.8) is 0 Å². The Labute approximate surface area is 134 Å². The van der Waals surface area contributed by atoms with Gasteiger partial charge in [-0.2, -0.15) is 0 Å². The topological polar surface area (TPSA) is 120 Å². The van der Waals surface area contributed by atoms with Gasteiger partial charge in [0.2, 0.25) is 0 Å². The number of nitro groups is 1. The van der Waals surface area contributed by atoms with Gasteiger partial charge in [-0.3, -0.25) is 20.2 Å². The third kappa shape index (κ3) is 2.90. The van der Waals surface area contributed by atoms with Crippen LogP contribution in [0.4, 0.5) is 5.69 Å². The zero-order chi connectivity index (χ0) is 16.6. The normalized spacial score (nSPS) is 15.6. The number of rotatable bonds is 3. The Morgan fingerprint density at radius 3 is 2.65 bits per heavy atom. The molecule has 0 aliphatic carbocycles. The summed E-state index contributed by atoms with van der Waals surface area (Å²) in [7, 11) is 0. The smallest absolute Gasteiger partial charge is 0.274 e. The molecule has 2 heterocycles. The SMILES string of the molecule is O=C1NC(=S)N/C1=C\c1ccc(-c2cc([N+](=O)[O-])ccc2[O-])o1. The van der Waals surface area contributed by atoms with Crippen molar-refractivity contribution in [1.82, 2.24) is 10.6 Å². The Hall–Kier alpha value is -3.20. The molecular weight excluding hydrogens is 322 g/mol. The van der Waals surface area contributed by atoms with Gasteiger partial charge in [0, 0.05) is 23.8 Å². The molecule has 2 N–H and O–H groups in total. The number of carbonyl (C=O) groups is 1. The monoisotopic (exact) mass is 330 g/mol. The van der Waals surface area contributed by atoms with Gasteiger partial charge in [-0.25, -0.2) is 0 Å². The Kier molecular flexibility index (Phi) is 3.54. The number of nitrogens with zero attached hydrogens (tertiary/aromatic N) is 1. The van der Waals surface area contributed by atoms with Gasteiger partial charge >= 0.3 is 0 Å². The van der Waals surface area contributed by atoms with E-state index in [1.165, 1.54) is 18.2 Å². The summed E-state index contributed by atoms with van der Waals surface area (Å²) in [5, 5.41) is 27.9. The Balaban J connectivity index is 1.95. The largest absolute Gasteiger partial charge is 0.872 e. The number of nitrogens with one attached hydrogen (secondary N) is 2. The number of thiocarbonyl (C=S) groups is 1. The standard InChI is InChI=1S/C14H9N3O5S/c18-11-3-1-7(17(20)21)5-9(11)12-4-2-8(22-12)6-10-13(19)16-14(23)15-10/h1-6,18H,(H2,15,16,19,23)/p-1/b10-6-. The number of hydrogen-bond donors (Lipinski definition) is 2. The Morgan fingerprint density at radius 2 is 2.00 bits per heavy atom. The van der Waals surface area contributed by atoms with Crippen molar-refractivity contribution in [2.75, 3.05) is 0 Å². The van der Waals surface area contributed by atoms with Crippen LogP contribution in [-0.2, 0) is 4.79 Å². The molecule has 3 rings (SSSR count). The van der Waals surface area contributed by atoms with E-state index in [0.717, 1.165) is 18.2 Å². The van der Waals surface area contributed by atoms with E-state index in [1.54, 1.807) is 0 Å². The van der Waals surface area contributed by atoms with Crippen LogP contribution in [0.2, 0.25) is 0 Å². The zero-order valence-electron chi connectivity index (χ0n) is 11.4. The molecule has 1 aromatic carbocycles.